The molecular formula is C26H32N2O4. The Bertz CT molecular complexity index is 946. The lowest BCUT2D eigenvalue weighted by Gasteiger charge is -2.36. The number of methoxy groups -OCH3 is 2. The predicted octanol–water partition coefficient (Wildman–Crippen LogP) is 3.85. The molecule has 2 heterocycles. The molecule has 2 atom stereocenters. The molecule has 2 fully saturated rings. The van der Waals surface area contributed by atoms with Crippen molar-refractivity contribution in [2.75, 3.05) is 33.9 Å². The highest BCUT2D eigenvalue weighted by Gasteiger charge is 2.37. The molecule has 0 bridgehead atoms. The first kappa shape index (κ1) is 22.2. The number of benzene rings is 2. The molecule has 6 nitrogen and oxygen atoms in total. The van der Waals surface area contributed by atoms with Crippen LogP contribution in [0, 0.1) is 5.92 Å². The normalized spacial score (nSPS) is 20.8. The average molecular weight is 437 g/mol. The van der Waals surface area contributed by atoms with Crippen molar-refractivity contribution in [2.24, 2.45) is 5.92 Å². The number of rotatable bonds is 6. The van der Waals surface area contributed by atoms with Crippen LogP contribution in [0.5, 0.6) is 11.5 Å². The number of hydrogen-bond acceptors (Lipinski definition) is 4. The number of carbonyl (C=O) groups is 2. The summed E-state index contributed by atoms with van der Waals surface area (Å²) in [7, 11) is 3.28. The molecule has 0 spiro atoms. The number of nitrogens with zero attached hydrogens (tertiary/aromatic N) is 2. The largest absolute Gasteiger partial charge is 0.497 e. The standard InChI is InChI=1S/C26H32N2O4/c1-31-21-12-13-22(24(17-21)32-2)23-11-7-15-28(23)26(30)20-10-6-14-27(18-20)25(29)16-19-8-4-3-5-9-19/h3-5,8-9,12-13,17,20,23H,6-7,10-11,14-16,18H2,1-2H3. The first-order chi connectivity index (χ1) is 15.6. The van der Waals surface area contributed by atoms with Crippen molar-refractivity contribution in [2.45, 2.75) is 38.1 Å². The molecule has 2 aromatic rings. The van der Waals surface area contributed by atoms with Gasteiger partial charge in [-0.05, 0) is 43.4 Å². The molecule has 170 valence electrons. The van der Waals surface area contributed by atoms with E-state index in [1.54, 1.807) is 14.2 Å². The highest BCUT2D eigenvalue weighted by atomic mass is 16.5. The van der Waals surface area contributed by atoms with Crippen molar-refractivity contribution in [3.63, 3.8) is 0 Å². The summed E-state index contributed by atoms with van der Waals surface area (Å²) in [6.45, 7) is 1.98. The summed E-state index contributed by atoms with van der Waals surface area (Å²) in [5.41, 5.74) is 2.03. The van der Waals surface area contributed by atoms with Crippen LogP contribution in [0.1, 0.15) is 42.9 Å². The monoisotopic (exact) mass is 436 g/mol. The number of ether oxygens (including phenoxy) is 2. The molecule has 6 heteroatoms. The first-order valence-corrected chi connectivity index (χ1v) is 11.4. The van der Waals surface area contributed by atoms with E-state index >= 15 is 0 Å². The third-order valence-corrected chi connectivity index (χ3v) is 6.66. The van der Waals surface area contributed by atoms with Gasteiger partial charge in [0, 0.05) is 31.3 Å². The lowest BCUT2D eigenvalue weighted by atomic mass is 9.94. The number of likely N-dealkylation sites (tertiary alicyclic amines) is 2. The maximum absolute atomic E-state index is 13.6. The van der Waals surface area contributed by atoms with Crippen LogP contribution in [0.4, 0.5) is 0 Å². The van der Waals surface area contributed by atoms with E-state index in [4.69, 9.17) is 9.47 Å². The van der Waals surface area contributed by atoms with E-state index in [1.165, 1.54) is 0 Å². The molecule has 0 saturated carbocycles. The van der Waals surface area contributed by atoms with Gasteiger partial charge in [-0.2, -0.15) is 0 Å². The highest BCUT2D eigenvalue weighted by Crippen LogP contribution is 2.40. The van der Waals surface area contributed by atoms with Crippen molar-refractivity contribution < 1.29 is 19.1 Å². The third kappa shape index (κ3) is 4.74. The SMILES string of the molecule is COc1ccc(C2CCCN2C(=O)C2CCCN(C(=O)Cc3ccccc3)C2)c(OC)c1. The van der Waals surface area contributed by atoms with E-state index < -0.39 is 0 Å². The summed E-state index contributed by atoms with van der Waals surface area (Å²) in [6.07, 6.45) is 3.96. The first-order valence-electron chi connectivity index (χ1n) is 11.4. The van der Waals surface area contributed by atoms with Gasteiger partial charge in [0.25, 0.3) is 0 Å². The van der Waals surface area contributed by atoms with Crippen molar-refractivity contribution in [1.82, 2.24) is 9.80 Å². The fraction of sp³-hybridized carbons (Fsp3) is 0.462. The van der Waals surface area contributed by atoms with Crippen LogP contribution >= 0.6 is 0 Å². The zero-order chi connectivity index (χ0) is 22.5. The maximum atomic E-state index is 13.6. The molecular weight excluding hydrogens is 404 g/mol. The van der Waals surface area contributed by atoms with Crippen LogP contribution in [-0.2, 0) is 16.0 Å². The van der Waals surface area contributed by atoms with E-state index in [-0.39, 0.29) is 23.8 Å². The summed E-state index contributed by atoms with van der Waals surface area (Å²) in [5, 5.41) is 0. The van der Waals surface area contributed by atoms with Gasteiger partial charge >= 0.3 is 0 Å². The minimum atomic E-state index is -0.145. The van der Waals surface area contributed by atoms with Crippen LogP contribution in [0.25, 0.3) is 0 Å². The van der Waals surface area contributed by atoms with Gasteiger partial charge < -0.3 is 19.3 Å². The van der Waals surface area contributed by atoms with Crippen molar-refractivity contribution in [3.8, 4) is 11.5 Å². The lowest BCUT2D eigenvalue weighted by Crippen LogP contribution is -2.47. The Labute approximate surface area is 190 Å². The summed E-state index contributed by atoms with van der Waals surface area (Å²) in [4.78, 5) is 30.3. The fourth-order valence-electron chi connectivity index (χ4n) is 4.97. The Morgan fingerprint density at radius 1 is 0.969 bits per heavy atom. The Kier molecular flexibility index (Phi) is 6.98. The second kappa shape index (κ2) is 10.1. The van der Waals surface area contributed by atoms with E-state index in [0.29, 0.717) is 13.0 Å². The van der Waals surface area contributed by atoms with E-state index in [2.05, 4.69) is 0 Å². The van der Waals surface area contributed by atoms with Gasteiger partial charge in [-0.25, -0.2) is 0 Å². The van der Waals surface area contributed by atoms with Crippen LogP contribution in [-0.4, -0.2) is 55.5 Å². The fourth-order valence-corrected chi connectivity index (χ4v) is 4.97. The zero-order valence-electron chi connectivity index (χ0n) is 19.0. The van der Waals surface area contributed by atoms with E-state index in [1.807, 2.05) is 58.3 Å². The average Bonchev–Trinajstić information content (AvgIpc) is 3.33. The quantitative estimate of drug-likeness (QED) is 0.690. The Morgan fingerprint density at radius 3 is 2.50 bits per heavy atom. The molecule has 2 saturated heterocycles. The molecule has 2 aromatic carbocycles. The van der Waals surface area contributed by atoms with E-state index in [9.17, 15) is 9.59 Å². The summed E-state index contributed by atoms with van der Waals surface area (Å²) < 4.78 is 10.9. The topological polar surface area (TPSA) is 59.1 Å². The summed E-state index contributed by atoms with van der Waals surface area (Å²) in [6, 6.07) is 15.6. The van der Waals surface area contributed by atoms with Crippen LogP contribution in [0.2, 0.25) is 0 Å². The Hall–Kier alpha value is -3.02. The molecule has 2 unspecified atom stereocenters. The molecule has 0 aromatic heterocycles. The van der Waals surface area contributed by atoms with Gasteiger partial charge in [0.15, 0.2) is 0 Å². The summed E-state index contributed by atoms with van der Waals surface area (Å²) >= 11 is 0. The molecule has 32 heavy (non-hydrogen) atoms. The van der Waals surface area contributed by atoms with Crippen LogP contribution in [0.3, 0.4) is 0 Å². The number of piperidine rings is 1. The second-order valence-electron chi connectivity index (χ2n) is 8.64. The maximum Gasteiger partial charge on any atom is 0.227 e. The zero-order valence-corrected chi connectivity index (χ0v) is 19.0. The Morgan fingerprint density at radius 2 is 1.75 bits per heavy atom. The smallest absolute Gasteiger partial charge is 0.227 e. The highest BCUT2D eigenvalue weighted by molar-refractivity contribution is 5.83. The van der Waals surface area contributed by atoms with Crippen molar-refractivity contribution in [3.05, 3.63) is 59.7 Å². The molecule has 0 N–H and O–H groups in total. The number of carbonyl (C=O) groups excluding carboxylic acids is 2. The van der Waals surface area contributed by atoms with Gasteiger partial charge in [-0.15, -0.1) is 0 Å². The second-order valence-corrected chi connectivity index (χ2v) is 8.64. The number of amides is 2. The van der Waals surface area contributed by atoms with Crippen LogP contribution in [0.15, 0.2) is 48.5 Å². The Balaban J connectivity index is 1.45. The molecule has 4 rings (SSSR count). The number of hydrogen-bond donors (Lipinski definition) is 0. The molecule has 0 aliphatic carbocycles. The van der Waals surface area contributed by atoms with Gasteiger partial charge in [-0.3, -0.25) is 9.59 Å². The lowest BCUT2D eigenvalue weighted by molar-refractivity contribution is -0.141. The van der Waals surface area contributed by atoms with Crippen molar-refractivity contribution in [1.29, 1.82) is 0 Å². The van der Waals surface area contributed by atoms with E-state index in [0.717, 1.165) is 61.4 Å². The van der Waals surface area contributed by atoms with Gasteiger partial charge in [0.2, 0.25) is 11.8 Å². The third-order valence-electron chi connectivity index (χ3n) is 6.66. The minimum Gasteiger partial charge on any atom is -0.497 e. The van der Waals surface area contributed by atoms with Gasteiger partial charge in [0.05, 0.1) is 32.6 Å². The molecule has 2 aliphatic heterocycles. The van der Waals surface area contributed by atoms with Gasteiger partial charge in [0.1, 0.15) is 11.5 Å². The molecule has 0 radical (unpaired) electrons. The predicted molar refractivity (Wildman–Crippen MR) is 123 cm³/mol. The molecule has 2 amide bonds. The van der Waals surface area contributed by atoms with Crippen molar-refractivity contribution >= 4 is 11.8 Å². The minimum absolute atomic E-state index is 0.00115. The van der Waals surface area contributed by atoms with Crippen LogP contribution < -0.4 is 9.47 Å². The summed E-state index contributed by atoms with van der Waals surface area (Å²) in [5.74, 6) is 1.60. The van der Waals surface area contributed by atoms with Gasteiger partial charge in [-0.1, -0.05) is 30.3 Å². The molecule has 2 aliphatic rings.